The predicted octanol–water partition coefficient (Wildman–Crippen LogP) is 1.52. The first-order chi connectivity index (χ1) is 9.33. The molecule has 0 spiro atoms. The Morgan fingerprint density at radius 3 is 2.79 bits per heavy atom. The van der Waals surface area contributed by atoms with E-state index in [4.69, 9.17) is 4.74 Å². The molecule has 2 N–H and O–H groups in total. The molecule has 1 amide bonds. The summed E-state index contributed by atoms with van der Waals surface area (Å²) < 4.78 is 4.91. The molecule has 0 fully saturated rings. The first-order valence-electron chi connectivity index (χ1n) is 6.47. The van der Waals surface area contributed by atoms with E-state index in [-0.39, 0.29) is 5.91 Å². The first-order valence-corrected chi connectivity index (χ1v) is 7.45. The van der Waals surface area contributed by atoms with E-state index in [1.807, 2.05) is 18.2 Å². The van der Waals surface area contributed by atoms with Crippen LogP contribution in [0.2, 0.25) is 0 Å². The molecule has 1 aromatic rings. The Kier molecular flexibility index (Phi) is 9.14. The van der Waals surface area contributed by atoms with Crippen LogP contribution in [0.3, 0.4) is 0 Å². The van der Waals surface area contributed by atoms with Gasteiger partial charge in [-0.15, -0.1) is 11.8 Å². The lowest BCUT2D eigenvalue weighted by molar-refractivity contribution is -0.120. The molecule has 5 heteroatoms. The van der Waals surface area contributed by atoms with Crippen molar-refractivity contribution in [2.75, 3.05) is 39.1 Å². The number of amides is 1. The summed E-state index contributed by atoms with van der Waals surface area (Å²) in [6.45, 7) is 2.56. The van der Waals surface area contributed by atoms with Crippen molar-refractivity contribution in [2.45, 2.75) is 11.3 Å². The van der Waals surface area contributed by atoms with Gasteiger partial charge in [0.2, 0.25) is 5.91 Å². The largest absolute Gasteiger partial charge is 0.385 e. The number of hydrogen-bond acceptors (Lipinski definition) is 4. The molecule has 106 valence electrons. The highest BCUT2D eigenvalue weighted by Gasteiger charge is 1.99. The molecule has 0 bridgehead atoms. The Morgan fingerprint density at radius 1 is 1.26 bits per heavy atom. The van der Waals surface area contributed by atoms with Gasteiger partial charge in [0.1, 0.15) is 0 Å². The lowest BCUT2D eigenvalue weighted by atomic mass is 10.4. The van der Waals surface area contributed by atoms with E-state index in [0.717, 1.165) is 18.7 Å². The maximum absolute atomic E-state index is 11.4. The highest BCUT2D eigenvalue weighted by Crippen LogP contribution is 2.15. The van der Waals surface area contributed by atoms with Crippen LogP contribution in [-0.2, 0) is 9.53 Å². The molecule has 0 radical (unpaired) electrons. The van der Waals surface area contributed by atoms with E-state index in [1.54, 1.807) is 18.9 Å². The van der Waals surface area contributed by atoms with E-state index < -0.39 is 0 Å². The van der Waals surface area contributed by atoms with E-state index in [2.05, 4.69) is 22.8 Å². The van der Waals surface area contributed by atoms with Crippen LogP contribution in [0.4, 0.5) is 0 Å². The van der Waals surface area contributed by atoms with Crippen LogP contribution in [0.15, 0.2) is 35.2 Å². The van der Waals surface area contributed by atoms with Crippen molar-refractivity contribution in [2.24, 2.45) is 0 Å². The Balaban J connectivity index is 1.94. The molecular weight excluding hydrogens is 260 g/mol. The Bertz CT molecular complexity index is 347. The van der Waals surface area contributed by atoms with Gasteiger partial charge in [-0.05, 0) is 18.6 Å². The summed E-state index contributed by atoms with van der Waals surface area (Å²) in [5.41, 5.74) is 0. The van der Waals surface area contributed by atoms with Crippen LogP contribution >= 0.6 is 11.8 Å². The third-order valence-corrected chi connectivity index (χ3v) is 3.44. The number of methoxy groups -OCH3 is 1. The zero-order chi connectivity index (χ0) is 13.8. The van der Waals surface area contributed by atoms with Crippen LogP contribution in [0, 0.1) is 0 Å². The molecule has 0 saturated carbocycles. The van der Waals surface area contributed by atoms with E-state index in [0.29, 0.717) is 19.7 Å². The number of rotatable bonds is 10. The third-order valence-electron chi connectivity index (χ3n) is 2.42. The molecular formula is C14H22N2O2S. The maximum atomic E-state index is 11.4. The van der Waals surface area contributed by atoms with Gasteiger partial charge in [0.05, 0.1) is 6.54 Å². The number of hydrogen-bond donors (Lipinski definition) is 2. The molecule has 1 rings (SSSR count). The van der Waals surface area contributed by atoms with Crippen molar-refractivity contribution in [3.8, 4) is 0 Å². The van der Waals surface area contributed by atoms with Crippen molar-refractivity contribution < 1.29 is 9.53 Å². The van der Waals surface area contributed by atoms with Gasteiger partial charge in [-0.3, -0.25) is 4.79 Å². The average molecular weight is 282 g/mol. The number of benzene rings is 1. The standard InChI is InChI=1S/C14H22N2O2S/c1-18-10-5-8-16-14(17)12-15-9-11-19-13-6-3-2-4-7-13/h2-4,6-7,15H,5,8-12H2,1H3,(H,16,17). The Hall–Kier alpha value is -1.04. The summed E-state index contributed by atoms with van der Waals surface area (Å²) in [5, 5.41) is 5.97. The molecule has 0 aliphatic rings. The fraction of sp³-hybridized carbons (Fsp3) is 0.500. The predicted molar refractivity (Wildman–Crippen MR) is 79.5 cm³/mol. The van der Waals surface area contributed by atoms with Gasteiger partial charge >= 0.3 is 0 Å². The van der Waals surface area contributed by atoms with Crippen LogP contribution < -0.4 is 10.6 Å². The maximum Gasteiger partial charge on any atom is 0.233 e. The fourth-order valence-corrected chi connectivity index (χ4v) is 2.30. The number of carbonyl (C=O) groups is 1. The molecule has 0 aliphatic carbocycles. The summed E-state index contributed by atoms with van der Waals surface area (Å²) >= 11 is 1.79. The van der Waals surface area contributed by atoms with Gasteiger partial charge in [-0.25, -0.2) is 0 Å². The molecule has 0 atom stereocenters. The zero-order valence-electron chi connectivity index (χ0n) is 11.4. The van der Waals surface area contributed by atoms with E-state index in [1.165, 1.54) is 4.90 Å². The molecule has 4 nitrogen and oxygen atoms in total. The van der Waals surface area contributed by atoms with Crippen molar-refractivity contribution >= 4 is 17.7 Å². The minimum absolute atomic E-state index is 0.0424. The van der Waals surface area contributed by atoms with E-state index >= 15 is 0 Å². The van der Waals surface area contributed by atoms with Crippen LogP contribution in [0.1, 0.15) is 6.42 Å². The number of nitrogens with one attached hydrogen (secondary N) is 2. The Morgan fingerprint density at radius 2 is 2.05 bits per heavy atom. The van der Waals surface area contributed by atoms with Gasteiger partial charge in [0, 0.05) is 37.5 Å². The quantitative estimate of drug-likeness (QED) is 0.505. The highest BCUT2D eigenvalue weighted by molar-refractivity contribution is 7.99. The number of thioether (sulfide) groups is 1. The summed E-state index contributed by atoms with van der Waals surface area (Å²) in [7, 11) is 1.66. The highest BCUT2D eigenvalue weighted by atomic mass is 32.2. The van der Waals surface area contributed by atoms with Crippen LogP contribution in [0.25, 0.3) is 0 Å². The SMILES string of the molecule is COCCCNC(=O)CNCCSc1ccccc1. The van der Waals surface area contributed by atoms with Gasteiger partial charge in [0.25, 0.3) is 0 Å². The lowest BCUT2D eigenvalue weighted by Crippen LogP contribution is -2.35. The minimum Gasteiger partial charge on any atom is -0.385 e. The molecule has 0 aliphatic heterocycles. The summed E-state index contributed by atoms with van der Waals surface area (Å²) in [6.07, 6.45) is 0.853. The molecule has 0 saturated heterocycles. The normalized spacial score (nSPS) is 10.4. The molecule has 0 heterocycles. The Labute approximate surface area is 119 Å². The summed E-state index contributed by atoms with van der Waals surface area (Å²) in [6, 6.07) is 10.3. The topological polar surface area (TPSA) is 50.4 Å². The van der Waals surface area contributed by atoms with Gasteiger partial charge < -0.3 is 15.4 Å². The van der Waals surface area contributed by atoms with Crippen molar-refractivity contribution in [1.29, 1.82) is 0 Å². The fourth-order valence-electron chi connectivity index (χ4n) is 1.47. The molecule has 0 aromatic heterocycles. The average Bonchev–Trinajstić information content (AvgIpc) is 2.44. The van der Waals surface area contributed by atoms with Crippen molar-refractivity contribution in [3.05, 3.63) is 30.3 Å². The minimum atomic E-state index is 0.0424. The zero-order valence-corrected chi connectivity index (χ0v) is 12.2. The monoisotopic (exact) mass is 282 g/mol. The number of ether oxygens (including phenoxy) is 1. The second kappa shape index (κ2) is 10.8. The molecule has 1 aromatic carbocycles. The summed E-state index contributed by atoms with van der Waals surface area (Å²) in [5.74, 6) is 1.00. The van der Waals surface area contributed by atoms with Gasteiger partial charge in [0.15, 0.2) is 0 Å². The first kappa shape index (κ1) is 16.0. The van der Waals surface area contributed by atoms with E-state index in [9.17, 15) is 4.79 Å². The van der Waals surface area contributed by atoms with Gasteiger partial charge in [-0.2, -0.15) is 0 Å². The van der Waals surface area contributed by atoms with Crippen LogP contribution in [0.5, 0.6) is 0 Å². The third kappa shape index (κ3) is 8.64. The molecule has 19 heavy (non-hydrogen) atoms. The van der Waals surface area contributed by atoms with Gasteiger partial charge in [-0.1, -0.05) is 18.2 Å². The molecule has 0 unspecified atom stereocenters. The summed E-state index contributed by atoms with van der Waals surface area (Å²) in [4.78, 5) is 12.7. The smallest absolute Gasteiger partial charge is 0.233 e. The number of carbonyl (C=O) groups excluding carboxylic acids is 1. The second-order valence-electron chi connectivity index (χ2n) is 4.03. The van der Waals surface area contributed by atoms with Crippen LogP contribution in [-0.4, -0.2) is 45.0 Å². The lowest BCUT2D eigenvalue weighted by Gasteiger charge is -2.06. The second-order valence-corrected chi connectivity index (χ2v) is 5.20. The van der Waals surface area contributed by atoms with Crippen molar-refractivity contribution in [3.63, 3.8) is 0 Å². The van der Waals surface area contributed by atoms with Crippen molar-refractivity contribution in [1.82, 2.24) is 10.6 Å².